The molecule has 1 aromatic carbocycles. The summed E-state index contributed by atoms with van der Waals surface area (Å²) >= 11 is 0. The molecule has 1 aromatic rings. The van der Waals surface area contributed by atoms with Crippen LogP contribution in [-0.4, -0.2) is 10.9 Å². The SMILES string of the molecule is CC12CC[C@@H]3c4ccc(O)cc4CCC3[C@@H]1CC1(CCCC1)C2=O. The van der Waals surface area contributed by atoms with Crippen molar-refractivity contribution in [3.8, 4) is 5.75 Å². The monoisotopic (exact) mass is 324 g/mol. The smallest absolute Gasteiger partial charge is 0.145 e. The number of phenolic OH excluding ortho intramolecular Hbond substituents is 1. The van der Waals surface area contributed by atoms with Gasteiger partial charge in [0, 0.05) is 10.8 Å². The summed E-state index contributed by atoms with van der Waals surface area (Å²) in [6.45, 7) is 2.30. The molecular formula is C22H28O2. The van der Waals surface area contributed by atoms with Crippen LogP contribution < -0.4 is 0 Å². The number of aromatic hydroxyl groups is 1. The number of carbonyl (C=O) groups is 1. The largest absolute Gasteiger partial charge is 0.508 e. The van der Waals surface area contributed by atoms with E-state index in [2.05, 4.69) is 13.0 Å². The topological polar surface area (TPSA) is 37.3 Å². The van der Waals surface area contributed by atoms with E-state index in [0.717, 1.165) is 38.5 Å². The summed E-state index contributed by atoms with van der Waals surface area (Å²) in [4.78, 5) is 13.4. The number of carbonyl (C=O) groups excluding carboxylic acids is 1. The molecule has 0 heterocycles. The minimum Gasteiger partial charge on any atom is -0.508 e. The van der Waals surface area contributed by atoms with Gasteiger partial charge in [0.25, 0.3) is 0 Å². The van der Waals surface area contributed by atoms with Crippen LogP contribution in [0.15, 0.2) is 18.2 Å². The lowest BCUT2D eigenvalue weighted by molar-refractivity contribution is -0.135. The molecule has 4 atom stereocenters. The summed E-state index contributed by atoms with van der Waals surface area (Å²) < 4.78 is 0. The van der Waals surface area contributed by atoms with Crippen LogP contribution >= 0.6 is 0 Å². The third kappa shape index (κ3) is 1.80. The third-order valence-electron chi connectivity index (χ3n) is 8.27. The molecule has 4 aliphatic carbocycles. The van der Waals surface area contributed by atoms with Crippen LogP contribution in [0.5, 0.6) is 5.75 Å². The van der Waals surface area contributed by atoms with E-state index in [1.165, 1.54) is 30.4 Å². The number of aryl methyl sites for hydroxylation is 1. The van der Waals surface area contributed by atoms with E-state index in [0.29, 0.717) is 29.3 Å². The molecule has 2 nitrogen and oxygen atoms in total. The minimum absolute atomic E-state index is 0.0452. The molecule has 5 rings (SSSR count). The Balaban J connectivity index is 1.53. The Morgan fingerprint density at radius 2 is 1.92 bits per heavy atom. The summed E-state index contributed by atoms with van der Waals surface area (Å²) in [5, 5.41) is 9.80. The van der Waals surface area contributed by atoms with Crippen molar-refractivity contribution in [2.24, 2.45) is 22.7 Å². The van der Waals surface area contributed by atoms with E-state index in [9.17, 15) is 9.90 Å². The fourth-order valence-electron chi connectivity index (χ4n) is 7.15. The molecule has 3 saturated carbocycles. The fourth-order valence-corrected chi connectivity index (χ4v) is 7.15. The molecule has 0 bridgehead atoms. The van der Waals surface area contributed by atoms with E-state index >= 15 is 0 Å². The second-order valence-electron chi connectivity index (χ2n) is 9.28. The van der Waals surface area contributed by atoms with E-state index < -0.39 is 0 Å². The summed E-state index contributed by atoms with van der Waals surface area (Å²) in [5.41, 5.74) is 2.80. The van der Waals surface area contributed by atoms with Crippen molar-refractivity contribution in [3.63, 3.8) is 0 Å². The molecule has 0 aliphatic heterocycles. The molecule has 0 radical (unpaired) electrons. The summed E-state index contributed by atoms with van der Waals surface area (Å²) in [6, 6.07) is 5.98. The minimum atomic E-state index is -0.0556. The normalized spacial score (nSPS) is 39.5. The van der Waals surface area contributed by atoms with Crippen LogP contribution in [0, 0.1) is 22.7 Å². The first-order chi connectivity index (χ1) is 11.5. The first kappa shape index (κ1) is 15.0. The van der Waals surface area contributed by atoms with Gasteiger partial charge >= 0.3 is 0 Å². The molecule has 24 heavy (non-hydrogen) atoms. The number of hydrogen-bond acceptors (Lipinski definition) is 2. The Labute approximate surface area is 144 Å². The molecule has 4 aliphatic rings. The number of hydrogen-bond donors (Lipinski definition) is 1. The average molecular weight is 324 g/mol. The number of fused-ring (bicyclic) bond motifs is 5. The van der Waals surface area contributed by atoms with Crippen LogP contribution in [0.3, 0.4) is 0 Å². The molecule has 0 saturated heterocycles. The Morgan fingerprint density at radius 3 is 2.71 bits per heavy atom. The van der Waals surface area contributed by atoms with Gasteiger partial charge in [0.1, 0.15) is 11.5 Å². The van der Waals surface area contributed by atoms with E-state index in [1.54, 1.807) is 0 Å². The summed E-state index contributed by atoms with van der Waals surface area (Å²) in [7, 11) is 0. The molecule has 1 N–H and O–H groups in total. The lowest BCUT2D eigenvalue weighted by Crippen LogP contribution is -2.43. The van der Waals surface area contributed by atoms with Crippen molar-refractivity contribution < 1.29 is 9.90 Å². The van der Waals surface area contributed by atoms with E-state index in [4.69, 9.17) is 0 Å². The van der Waals surface area contributed by atoms with Crippen LogP contribution in [-0.2, 0) is 11.2 Å². The zero-order valence-electron chi connectivity index (χ0n) is 14.7. The molecule has 128 valence electrons. The zero-order valence-corrected chi connectivity index (χ0v) is 14.7. The molecule has 0 aromatic heterocycles. The van der Waals surface area contributed by atoms with Gasteiger partial charge in [-0.3, -0.25) is 4.79 Å². The quantitative estimate of drug-likeness (QED) is 0.730. The Morgan fingerprint density at radius 1 is 1.12 bits per heavy atom. The number of Topliss-reactive ketones (excluding diaryl/α,β-unsaturated/α-hetero) is 1. The Kier molecular flexibility index (Phi) is 3.04. The number of ketones is 1. The van der Waals surface area contributed by atoms with Gasteiger partial charge in [-0.25, -0.2) is 0 Å². The maximum Gasteiger partial charge on any atom is 0.145 e. The molecule has 1 spiro atoms. The van der Waals surface area contributed by atoms with Gasteiger partial charge in [0.2, 0.25) is 0 Å². The van der Waals surface area contributed by atoms with Crippen LogP contribution in [0.1, 0.15) is 75.3 Å². The standard InChI is InChI=1S/C22H28O2/c1-21-11-8-17-16-7-5-15(23)12-14(16)4-6-18(17)19(21)13-22(20(21)24)9-2-3-10-22/h5,7,12,17-19,23H,2-4,6,8-11,13H2,1H3/t17-,18?,19+,21?/m1/s1. The van der Waals surface area contributed by atoms with Crippen molar-refractivity contribution in [1.29, 1.82) is 0 Å². The van der Waals surface area contributed by atoms with Crippen LogP contribution in [0.4, 0.5) is 0 Å². The number of phenols is 1. The second-order valence-corrected chi connectivity index (χ2v) is 9.28. The molecule has 2 unspecified atom stereocenters. The Hall–Kier alpha value is -1.31. The van der Waals surface area contributed by atoms with Gasteiger partial charge in [0.05, 0.1) is 0 Å². The molecule has 2 heteroatoms. The predicted octanol–water partition coefficient (Wildman–Crippen LogP) is 4.99. The summed E-state index contributed by atoms with van der Waals surface area (Å²) in [6.07, 6.45) is 10.5. The number of rotatable bonds is 0. The van der Waals surface area contributed by atoms with Gasteiger partial charge in [-0.2, -0.15) is 0 Å². The van der Waals surface area contributed by atoms with Gasteiger partial charge in [-0.05, 0) is 86.0 Å². The van der Waals surface area contributed by atoms with Crippen molar-refractivity contribution in [3.05, 3.63) is 29.3 Å². The van der Waals surface area contributed by atoms with Gasteiger partial charge in [0.15, 0.2) is 0 Å². The second kappa shape index (κ2) is 4.86. The first-order valence-electron chi connectivity index (χ1n) is 9.90. The average Bonchev–Trinajstić information content (AvgIpc) is 3.13. The maximum absolute atomic E-state index is 13.4. The Bertz CT molecular complexity index is 700. The molecule has 0 amide bonds. The lowest BCUT2D eigenvalue weighted by atomic mass is 9.55. The summed E-state index contributed by atoms with van der Waals surface area (Å²) in [5.74, 6) is 2.89. The van der Waals surface area contributed by atoms with Crippen molar-refractivity contribution in [2.75, 3.05) is 0 Å². The highest BCUT2D eigenvalue weighted by atomic mass is 16.3. The van der Waals surface area contributed by atoms with Crippen LogP contribution in [0.2, 0.25) is 0 Å². The van der Waals surface area contributed by atoms with E-state index in [1.807, 2.05) is 12.1 Å². The van der Waals surface area contributed by atoms with Gasteiger partial charge in [-0.1, -0.05) is 25.8 Å². The van der Waals surface area contributed by atoms with E-state index in [-0.39, 0.29) is 10.8 Å². The lowest BCUT2D eigenvalue weighted by Gasteiger charge is -2.48. The van der Waals surface area contributed by atoms with Crippen molar-refractivity contribution in [1.82, 2.24) is 0 Å². The molecular weight excluding hydrogens is 296 g/mol. The fraction of sp³-hybridized carbons (Fsp3) is 0.682. The number of benzene rings is 1. The van der Waals surface area contributed by atoms with Gasteiger partial charge in [-0.15, -0.1) is 0 Å². The first-order valence-corrected chi connectivity index (χ1v) is 9.90. The predicted molar refractivity (Wildman–Crippen MR) is 94.0 cm³/mol. The third-order valence-corrected chi connectivity index (χ3v) is 8.27. The van der Waals surface area contributed by atoms with Crippen LogP contribution in [0.25, 0.3) is 0 Å². The van der Waals surface area contributed by atoms with Crippen molar-refractivity contribution >= 4 is 5.78 Å². The van der Waals surface area contributed by atoms with Gasteiger partial charge < -0.3 is 5.11 Å². The highest BCUT2D eigenvalue weighted by molar-refractivity contribution is 5.93. The highest BCUT2D eigenvalue weighted by Crippen LogP contribution is 2.66. The highest BCUT2D eigenvalue weighted by Gasteiger charge is 2.63. The van der Waals surface area contributed by atoms with Crippen molar-refractivity contribution in [2.45, 2.75) is 70.6 Å². The maximum atomic E-state index is 13.4. The zero-order chi connectivity index (χ0) is 16.5. The molecule has 3 fully saturated rings.